The van der Waals surface area contributed by atoms with Crippen molar-refractivity contribution in [2.24, 2.45) is 0 Å². The first-order valence-electron chi connectivity index (χ1n) is 15.9. The van der Waals surface area contributed by atoms with Crippen molar-refractivity contribution in [3.05, 3.63) is 146 Å². The van der Waals surface area contributed by atoms with Gasteiger partial charge in [0.2, 0.25) is 0 Å². The van der Waals surface area contributed by atoms with Crippen molar-refractivity contribution in [3.63, 3.8) is 0 Å². The molecule has 0 radical (unpaired) electrons. The van der Waals surface area contributed by atoms with Gasteiger partial charge in [-0.25, -0.2) is 0 Å². The van der Waals surface area contributed by atoms with E-state index in [2.05, 4.69) is 82.6 Å². The summed E-state index contributed by atoms with van der Waals surface area (Å²) in [7, 11) is 0. The number of ether oxygens (including phenoxy) is 4. The first-order chi connectivity index (χ1) is 23.8. The molecule has 6 heteroatoms. The molecule has 6 nitrogen and oxygen atoms in total. The minimum atomic E-state index is 0.774. The van der Waals surface area contributed by atoms with E-state index in [0.717, 1.165) is 102 Å². The van der Waals surface area contributed by atoms with Crippen LogP contribution in [0.5, 0.6) is 46.0 Å². The standard InChI is InChI=1S/C42H24N2O4/c1-3-9-33-29(7-1)43-31-21-19-27(23-39(31)47-37-13-5-11-35(45-33)41(37)43)25-15-17-26(18-16-25)28-20-22-32-40(24-28)48-38-14-6-12-36-42(38)44(32)30-8-2-4-10-34(30)46-36/h1-24H. The van der Waals surface area contributed by atoms with E-state index >= 15 is 0 Å². The van der Waals surface area contributed by atoms with Crippen LogP contribution in [0.15, 0.2) is 146 Å². The fourth-order valence-corrected chi connectivity index (χ4v) is 7.22. The normalized spacial score (nSPS) is 13.6. The molecule has 11 rings (SSSR count). The number of hydrogen-bond donors (Lipinski definition) is 0. The third kappa shape index (κ3) is 3.57. The van der Waals surface area contributed by atoms with Crippen LogP contribution in [0.1, 0.15) is 0 Å². The lowest BCUT2D eigenvalue weighted by molar-refractivity contribution is 0.445. The monoisotopic (exact) mass is 620 g/mol. The zero-order valence-corrected chi connectivity index (χ0v) is 25.4. The van der Waals surface area contributed by atoms with Crippen LogP contribution in [0.4, 0.5) is 34.1 Å². The molecule has 0 unspecified atom stereocenters. The molecular weight excluding hydrogens is 596 g/mol. The Morgan fingerprint density at radius 1 is 0.271 bits per heavy atom. The van der Waals surface area contributed by atoms with Crippen LogP contribution in [0.25, 0.3) is 22.3 Å². The Hall–Kier alpha value is -6.66. The summed E-state index contributed by atoms with van der Waals surface area (Å²) in [4.78, 5) is 4.48. The number of anilines is 6. The van der Waals surface area contributed by atoms with Gasteiger partial charge < -0.3 is 18.9 Å². The number of rotatable bonds is 2. The summed E-state index contributed by atoms with van der Waals surface area (Å²) < 4.78 is 25.4. The largest absolute Gasteiger partial charge is 0.453 e. The van der Waals surface area contributed by atoms with Gasteiger partial charge in [-0.15, -0.1) is 0 Å². The van der Waals surface area contributed by atoms with E-state index in [1.54, 1.807) is 0 Å². The van der Waals surface area contributed by atoms with Gasteiger partial charge in [-0.05, 0) is 95.1 Å². The Labute approximate surface area is 276 Å². The van der Waals surface area contributed by atoms with Crippen LogP contribution >= 0.6 is 0 Å². The van der Waals surface area contributed by atoms with Crippen LogP contribution in [0.2, 0.25) is 0 Å². The summed E-state index contributed by atoms with van der Waals surface area (Å²) in [6.45, 7) is 0. The summed E-state index contributed by atoms with van der Waals surface area (Å²) in [6, 6.07) is 49.6. The molecule has 226 valence electrons. The molecule has 4 heterocycles. The predicted molar refractivity (Wildman–Crippen MR) is 187 cm³/mol. The smallest absolute Gasteiger partial charge is 0.155 e. The topological polar surface area (TPSA) is 43.4 Å². The maximum Gasteiger partial charge on any atom is 0.155 e. The van der Waals surface area contributed by atoms with E-state index in [4.69, 9.17) is 18.9 Å². The molecule has 0 bridgehead atoms. The summed E-state index contributed by atoms with van der Waals surface area (Å²) in [5.41, 5.74) is 10.2. The van der Waals surface area contributed by atoms with Gasteiger partial charge in [-0.2, -0.15) is 0 Å². The Morgan fingerprint density at radius 3 is 1.04 bits per heavy atom. The predicted octanol–water partition coefficient (Wildman–Crippen LogP) is 12.4. The van der Waals surface area contributed by atoms with Gasteiger partial charge in [-0.3, -0.25) is 9.80 Å². The molecule has 0 fully saturated rings. The lowest BCUT2D eigenvalue weighted by Crippen LogP contribution is -2.20. The van der Waals surface area contributed by atoms with E-state index in [0.29, 0.717) is 0 Å². The van der Waals surface area contributed by atoms with E-state index in [1.165, 1.54) is 0 Å². The van der Waals surface area contributed by atoms with Gasteiger partial charge >= 0.3 is 0 Å². The first-order valence-corrected chi connectivity index (χ1v) is 15.9. The molecule has 0 saturated carbocycles. The zero-order valence-electron chi connectivity index (χ0n) is 25.4. The van der Waals surface area contributed by atoms with E-state index in [1.807, 2.05) is 72.8 Å². The van der Waals surface area contributed by atoms with Gasteiger partial charge in [-0.1, -0.05) is 72.8 Å². The highest BCUT2D eigenvalue weighted by molar-refractivity contribution is 5.96. The molecule has 7 aromatic rings. The maximum absolute atomic E-state index is 6.48. The number of fused-ring (bicyclic) bond motifs is 8. The van der Waals surface area contributed by atoms with E-state index < -0.39 is 0 Å². The second-order valence-corrected chi connectivity index (χ2v) is 12.2. The number of hydrogen-bond acceptors (Lipinski definition) is 6. The molecule has 7 aromatic carbocycles. The number of benzene rings is 7. The van der Waals surface area contributed by atoms with E-state index in [9.17, 15) is 0 Å². The first kappa shape index (κ1) is 25.5. The second kappa shape index (κ2) is 9.44. The van der Waals surface area contributed by atoms with Crippen LogP contribution in [-0.2, 0) is 0 Å². The Morgan fingerprint density at radius 2 is 0.604 bits per heavy atom. The number of para-hydroxylation sites is 6. The van der Waals surface area contributed by atoms with Crippen molar-refractivity contribution < 1.29 is 18.9 Å². The second-order valence-electron chi connectivity index (χ2n) is 12.2. The van der Waals surface area contributed by atoms with Crippen molar-refractivity contribution in [3.8, 4) is 68.2 Å². The minimum Gasteiger partial charge on any atom is -0.453 e. The average molecular weight is 621 g/mol. The van der Waals surface area contributed by atoms with Crippen LogP contribution < -0.4 is 28.7 Å². The molecule has 4 aliphatic rings. The lowest BCUT2D eigenvalue weighted by Gasteiger charge is -2.37. The van der Waals surface area contributed by atoms with Crippen molar-refractivity contribution in [1.82, 2.24) is 0 Å². The Balaban J connectivity index is 0.938. The molecule has 0 atom stereocenters. The van der Waals surface area contributed by atoms with Crippen LogP contribution in [-0.4, -0.2) is 0 Å². The van der Waals surface area contributed by atoms with Gasteiger partial charge in [0.15, 0.2) is 46.0 Å². The van der Waals surface area contributed by atoms with E-state index in [-0.39, 0.29) is 0 Å². The average Bonchev–Trinajstić information content (AvgIpc) is 3.14. The van der Waals surface area contributed by atoms with Crippen LogP contribution in [0.3, 0.4) is 0 Å². The van der Waals surface area contributed by atoms with Crippen molar-refractivity contribution >= 4 is 34.1 Å². The Bertz CT molecular complexity index is 2320. The molecule has 48 heavy (non-hydrogen) atoms. The molecule has 0 saturated heterocycles. The van der Waals surface area contributed by atoms with Crippen LogP contribution in [0, 0.1) is 0 Å². The van der Waals surface area contributed by atoms with Gasteiger partial charge in [0, 0.05) is 0 Å². The third-order valence-electron chi connectivity index (χ3n) is 9.42. The molecule has 4 aliphatic heterocycles. The zero-order chi connectivity index (χ0) is 31.3. The van der Waals surface area contributed by atoms with Crippen molar-refractivity contribution in [2.75, 3.05) is 9.80 Å². The van der Waals surface area contributed by atoms with Crippen molar-refractivity contribution in [1.29, 1.82) is 0 Å². The lowest BCUT2D eigenvalue weighted by atomic mass is 9.98. The molecule has 0 spiro atoms. The maximum atomic E-state index is 6.48. The number of nitrogens with zero attached hydrogens (tertiary/aromatic N) is 2. The molecule has 0 N–H and O–H groups in total. The highest BCUT2D eigenvalue weighted by Gasteiger charge is 2.36. The fraction of sp³-hybridized carbons (Fsp3) is 0. The summed E-state index contributed by atoms with van der Waals surface area (Å²) in [5.74, 6) is 6.38. The molecular formula is C42H24N2O4. The highest BCUT2D eigenvalue weighted by Crippen LogP contribution is 2.61. The summed E-state index contributed by atoms with van der Waals surface area (Å²) in [6.07, 6.45) is 0. The summed E-state index contributed by atoms with van der Waals surface area (Å²) in [5, 5.41) is 0. The SMILES string of the molecule is c1ccc2c(c1)Oc1cccc3c1N2c1ccc(-c2ccc(-c4ccc5c(c4)Oc4cccc6c4N5c4ccccc4O6)cc2)cc1O3. The minimum absolute atomic E-state index is 0.774. The van der Waals surface area contributed by atoms with Gasteiger partial charge in [0.1, 0.15) is 11.4 Å². The van der Waals surface area contributed by atoms with Crippen molar-refractivity contribution in [2.45, 2.75) is 0 Å². The van der Waals surface area contributed by atoms with Gasteiger partial charge in [0.25, 0.3) is 0 Å². The third-order valence-corrected chi connectivity index (χ3v) is 9.42. The highest BCUT2D eigenvalue weighted by atomic mass is 16.5. The quantitative estimate of drug-likeness (QED) is 0.192. The molecule has 0 aliphatic carbocycles. The Kier molecular flexibility index (Phi) is 5.02. The fourth-order valence-electron chi connectivity index (χ4n) is 7.22. The summed E-state index contributed by atoms with van der Waals surface area (Å²) >= 11 is 0. The molecule has 0 aromatic heterocycles. The van der Waals surface area contributed by atoms with Gasteiger partial charge in [0.05, 0.1) is 22.7 Å². The molecule has 0 amide bonds.